The van der Waals surface area contributed by atoms with Gasteiger partial charge in [0.2, 0.25) is 0 Å². The molecule has 0 aromatic heterocycles. The molecule has 3 nitrogen and oxygen atoms in total. The van der Waals surface area contributed by atoms with Crippen molar-refractivity contribution in [3.63, 3.8) is 0 Å². The zero-order chi connectivity index (χ0) is 13.5. The average Bonchev–Trinajstić information content (AvgIpc) is 3.03. The van der Waals surface area contributed by atoms with Gasteiger partial charge in [0.1, 0.15) is 5.82 Å². The topological polar surface area (TPSA) is 32.3 Å². The van der Waals surface area contributed by atoms with Crippen molar-refractivity contribution < 1.29 is 9.18 Å². The van der Waals surface area contributed by atoms with E-state index < -0.39 is 5.82 Å². The van der Waals surface area contributed by atoms with Gasteiger partial charge in [0, 0.05) is 25.0 Å². The summed E-state index contributed by atoms with van der Waals surface area (Å²) in [7, 11) is 0. The van der Waals surface area contributed by atoms with Gasteiger partial charge in [-0.05, 0) is 31.5 Å². The summed E-state index contributed by atoms with van der Waals surface area (Å²) in [6, 6.07) is 4.38. The van der Waals surface area contributed by atoms with Crippen molar-refractivity contribution in [1.82, 2.24) is 10.2 Å². The molecular formula is C14H16ClFN2O. The second kappa shape index (κ2) is 4.76. The summed E-state index contributed by atoms with van der Waals surface area (Å²) in [4.78, 5) is 14.2. The number of benzene rings is 1. The lowest BCUT2D eigenvalue weighted by Crippen LogP contribution is -2.33. The van der Waals surface area contributed by atoms with Gasteiger partial charge in [0.05, 0.1) is 10.6 Å². The van der Waals surface area contributed by atoms with Crippen molar-refractivity contribution in [2.45, 2.75) is 12.8 Å². The summed E-state index contributed by atoms with van der Waals surface area (Å²) in [6.45, 7) is 3.45. The Labute approximate surface area is 116 Å². The lowest BCUT2D eigenvalue weighted by molar-refractivity contribution is 0.0775. The molecule has 0 bridgehead atoms. The first-order valence-corrected chi connectivity index (χ1v) is 6.93. The van der Waals surface area contributed by atoms with Crippen LogP contribution in [0.25, 0.3) is 0 Å². The van der Waals surface area contributed by atoms with Gasteiger partial charge in [-0.25, -0.2) is 4.39 Å². The summed E-state index contributed by atoms with van der Waals surface area (Å²) in [5, 5.41) is 3.28. The highest BCUT2D eigenvalue weighted by atomic mass is 35.5. The van der Waals surface area contributed by atoms with Crippen molar-refractivity contribution in [2.24, 2.45) is 5.41 Å². The first-order valence-electron chi connectivity index (χ1n) is 6.55. The lowest BCUT2D eigenvalue weighted by atomic mass is 9.86. The van der Waals surface area contributed by atoms with E-state index in [1.807, 2.05) is 0 Å². The van der Waals surface area contributed by atoms with E-state index in [-0.39, 0.29) is 21.9 Å². The molecule has 1 amide bonds. The monoisotopic (exact) mass is 282 g/mol. The Morgan fingerprint density at radius 3 is 3.00 bits per heavy atom. The van der Waals surface area contributed by atoms with Crippen molar-refractivity contribution >= 4 is 17.5 Å². The maximum absolute atomic E-state index is 13.4. The van der Waals surface area contributed by atoms with Gasteiger partial charge < -0.3 is 10.2 Å². The van der Waals surface area contributed by atoms with E-state index in [1.165, 1.54) is 12.1 Å². The molecule has 2 aliphatic rings. The Kier molecular flexibility index (Phi) is 3.23. The predicted octanol–water partition coefficient (Wildman–Crippen LogP) is 2.30. The van der Waals surface area contributed by atoms with Crippen LogP contribution in [-0.2, 0) is 0 Å². The molecule has 2 saturated heterocycles. The van der Waals surface area contributed by atoms with Crippen LogP contribution in [-0.4, -0.2) is 37.0 Å². The highest BCUT2D eigenvalue weighted by Crippen LogP contribution is 2.37. The standard InChI is InChI=1S/C14H16ClFN2O/c15-12-10(2-1-3-11(12)16)13(19)18-7-5-14(9-18)4-6-17-8-14/h1-3,17H,4-9H2. The summed E-state index contributed by atoms with van der Waals surface area (Å²) < 4.78 is 13.4. The van der Waals surface area contributed by atoms with E-state index in [4.69, 9.17) is 11.6 Å². The molecule has 2 heterocycles. The van der Waals surface area contributed by atoms with Crippen LogP contribution in [0.15, 0.2) is 18.2 Å². The van der Waals surface area contributed by atoms with Gasteiger partial charge in [0.25, 0.3) is 5.91 Å². The number of carbonyl (C=O) groups excluding carboxylic acids is 1. The molecule has 1 unspecified atom stereocenters. The number of carbonyl (C=O) groups is 1. The van der Waals surface area contributed by atoms with E-state index in [9.17, 15) is 9.18 Å². The fraction of sp³-hybridized carbons (Fsp3) is 0.500. The number of hydrogen-bond acceptors (Lipinski definition) is 2. The van der Waals surface area contributed by atoms with E-state index in [0.717, 1.165) is 39.0 Å². The van der Waals surface area contributed by atoms with Crippen molar-refractivity contribution in [3.8, 4) is 0 Å². The molecule has 1 aromatic rings. The molecule has 1 atom stereocenters. The summed E-state index contributed by atoms with van der Waals surface area (Å²) in [5.41, 5.74) is 0.486. The van der Waals surface area contributed by atoms with Crippen LogP contribution in [0.4, 0.5) is 4.39 Å². The molecule has 19 heavy (non-hydrogen) atoms. The molecule has 0 saturated carbocycles. The van der Waals surface area contributed by atoms with Crippen molar-refractivity contribution in [3.05, 3.63) is 34.6 Å². The second-order valence-electron chi connectivity index (χ2n) is 5.50. The van der Waals surface area contributed by atoms with Crippen LogP contribution in [0.3, 0.4) is 0 Å². The smallest absolute Gasteiger partial charge is 0.255 e. The van der Waals surface area contributed by atoms with Crippen molar-refractivity contribution in [1.29, 1.82) is 0 Å². The Morgan fingerprint density at radius 1 is 1.42 bits per heavy atom. The Hall–Kier alpha value is -1.13. The Bertz CT molecular complexity index is 514. The molecule has 1 aromatic carbocycles. The number of rotatable bonds is 1. The molecule has 2 fully saturated rings. The highest BCUT2D eigenvalue weighted by molar-refractivity contribution is 6.34. The van der Waals surface area contributed by atoms with Crippen LogP contribution in [0.2, 0.25) is 5.02 Å². The molecule has 0 aliphatic carbocycles. The maximum atomic E-state index is 13.4. The summed E-state index contributed by atoms with van der Waals surface area (Å²) in [5.74, 6) is -0.697. The summed E-state index contributed by atoms with van der Waals surface area (Å²) >= 11 is 5.88. The van der Waals surface area contributed by atoms with Gasteiger partial charge in [-0.3, -0.25) is 4.79 Å². The SMILES string of the molecule is O=C(c1cccc(F)c1Cl)N1CCC2(CCNC2)C1. The second-order valence-corrected chi connectivity index (χ2v) is 5.88. The largest absolute Gasteiger partial charge is 0.338 e. The fourth-order valence-electron chi connectivity index (χ4n) is 3.09. The number of likely N-dealkylation sites (tertiary alicyclic amines) is 1. The third-order valence-corrected chi connectivity index (χ3v) is 4.62. The fourth-order valence-corrected chi connectivity index (χ4v) is 3.30. The average molecular weight is 283 g/mol. The quantitative estimate of drug-likeness (QED) is 0.857. The van der Waals surface area contributed by atoms with E-state index >= 15 is 0 Å². The van der Waals surface area contributed by atoms with Gasteiger partial charge in [-0.1, -0.05) is 17.7 Å². The maximum Gasteiger partial charge on any atom is 0.255 e. The van der Waals surface area contributed by atoms with E-state index in [1.54, 1.807) is 11.0 Å². The van der Waals surface area contributed by atoms with E-state index in [0.29, 0.717) is 0 Å². The molecule has 102 valence electrons. The normalized spacial score (nSPS) is 26.3. The van der Waals surface area contributed by atoms with Crippen LogP contribution >= 0.6 is 11.6 Å². The Morgan fingerprint density at radius 2 is 2.26 bits per heavy atom. The van der Waals surface area contributed by atoms with Crippen LogP contribution in [0, 0.1) is 11.2 Å². The number of nitrogens with one attached hydrogen (secondary N) is 1. The van der Waals surface area contributed by atoms with Gasteiger partial charge >= 0.3 is 0 Å². The third-order valence-electron chi connectivity index (χ3n) is 4.24. The van der Waals surface area contributed by atoms with Crippen LogP contribution in [0.1, 0.15) is 23.2 Å². The molecule has 1 spiro atoms. The Balaban J connectivity index is 1.80. The van der Waals surface area contributed by atoms with Crippen molar-refractivity contribution in [2.75, 3.05) is 26.2 Å². The third kappa shape index (κ3) is 2.23. The van der Waals surface area contributed by atoms with Gasteiger partial charge in [-0.2, -0.15) is 0 Å². The van der Waals surface area contributed by atoms with E-state index in [2.05, 4.69) is 5.32 Å². The zero-order valence-corrected chi connectivity index (χ0v) is 11.3. The minimum absolute atomic E-state index is 0.0713. The molecular weight excluding hydrogens is 267 g/mol. The molecule has 1 N–H and O–H groups in total. The first kappa shape index (κ1) is 12.9. The molecule has 5 heteroatoms. The number of amides is 1. The van der Waals surface area contributed by atoms with Gasteiger partial charge in [0.15, 0.2) is 0 Å². The molecule has 0 radical (unpaired) electrons. The summed E-state index contributed by atoms with van der Waals surface area (Å²) in [6.07, 6.45) is 2.12. The predicted molar refractivity (Wildman–Crippen MR) is 71.9 cm³/mol. The molecule has 3 rings (SSSR count). The molecule has 2 aliphatic heterocycles. The lowest BCUT2D eigenvalue weighted by Gasteiger charge is -2.23. The highest BCUT2D eigenvalue weighted by Gasteiger charge is 2.42. The number of halogens is 2. The van der Waals surface area contributed by atoms with Gasteiger partial charge in [-0.15, -0.1) is 0 Å². The first-order chi connectivity index (χ1) is 9.11. The van der Waals surface area contributed by atoms with Crippen LogP contribution < -0.4 is 5.32 Å². The van der Waals surface area contributed by atoms with Crippen LogP contribution in [0.5, 0.6) is 0 Å². The number of nitrogens with zero attached hydrogens (tertiary/aromatic N) is 1. The minimum atomic E-state index is -0.538. The zero-order valence-electron chi connectivity index (χ0n) is 10.6. The number of hydrogen-bond donors (Lipinski definition) is 1. The minimum Gasteiger partial charge on any atom is -0.338 e.